The zero-order chi connectivity index (χ0) is 15.7. The van der Waals surface area contributed by atoms with Gasteiger partial charge < -0.3 is 5.73 Å². The van der Waals surface area contributed by atoms with E-state index in [0.717, 1.165) is 30.6 Å². The van der Waals surface area contributed by atoms with Gasteiger partial charge in [0, 0.05) is 0 Å². The number of sulfonamides is 1. The molecule has 0 spiro atoms. The lowest BCUT2D eigenvalue weighted by molar-refractivity contribution is 0.269. The lowest BCUT2D eigenvalue weighted by atomic mass is 9.76. The van der Waals surface area contributed by atoms with E-state index in [-0.39, 0.29) is 9.20 Å². The van der Waals surface area contributed by atoms with Crippen LogP contribution in [0.1, 0.15) is 39.0 Å². The molecule has 4 nitrogen and oxygen atoms in total. The number of rotatable bonds is 5. The molecule has 0 unspecified atom stereocenters. The minimum Gasteiger partial charge on any atom is -0.392 e. The van der Waals surface area contributed by atoms with Gasteiger partial charge in [0.1, 0.15) is 4.21 Å². The second-order valence-corrected chi connectivity index (χ2v) is 9.53. The summed E-state index contributed by atoms with van der Waals surface area (Å²) in [5, 5.41) is 0. The molecular formula is C13H19ClN2O2S3. The summed E-state index contributed by atoms with van der Waals surface area (Å²) in [5.41, 5.74) is 5.05. The number of nitrogens with one attached hydrogen (secondary N) is 1. The fourth-order valence-electron chi connectivity index (χ4n) is 2.73. The van der Waals surface area contributed by atoms with Crippen molar-refractivity contribution in [2.24, 2.45) is 11.7 Å². The average Bonchev–Trinajstić information content (AvgIpc) is 2.86. The van der Waals surface area contributed by atoms with Gasteiger partial charge in [-0.1, -0.05) is 37.2 Å². The zero-order valence-electron chi connectivity index (χ0n) is 11.8. The normalized spacial score (nSPS) is 26.7. The summed E-state index contributed by atoms with van der Waals surface area (Å²) in [6.07, 6.45) is 4.27. The maximum Gasteiger partial charge on any atom is 0.250 e. The summed E-state index contributed by atoms with van der Waals surface area (Å²) in [7, 11) is -3.65. The van der Waals surface area contributed by atoms with Crippen molar-refractivity contribution >= 4 is 50.2 Å². The van der Waals surface area contributed by atoms with Crippen molar-refractivity contribution in [2.75, 3.05) is 0 Å². The summed E-state index contributed by atoms with van der Waals surface area (Å²) in [4.78, 5) is 0.225. The topological polar surface area (TPSA) is 72.2 Å². The summed E-state index contributed by atoms with van der Waals surface area (Å²) < 4.78 is 28.4. The van der Waals surface area contributed by atoms with Gasteiger partial charge in [-0.3, -0.25) is 0 Å². The zero-order valence-corrected chi connectivity index (χ0v) is 15.0. The van der Waals surface area contributed by atoms with Crippen LogP contribution in [0.25, 0.3) is 0 Å². The molecule has 1 heterocycles. The first-order chi connectivity index (χ1) is 9.79. The van der Waals surface area contributed by atoms with Crippen LogP contribution in [-0.2, 0) is 10.0 Å². The predicted octanol–water partition coefficient (Wildman–Crippen LogP) is 3.30. The first kappa shape index (κ1) is 17.1. The molecule has 1 saturated carbocycles. The van der Waals surface area contributed by atoms with Crippen molar-refractivity contribution in [1.29, 1.82) is 0 Å². The Balaban J connectivity index is 2.23. The Morgan fingerprint density at radius 2 is 2.14 bits per heavy atom. The Morgan fingerprint density at radius 3 is 2.57 bits per heavy atom. The quantitative estimate of drug-likeness (QED) is 0.784. The summed E-state index contributed by atoms with van der Waals surface area (Å²) in [5.74, 6) is 0.619. The van der Waals surface area contributed by atoms with Crippen molar-refractivity contribution in [2.45, 2.75) is 48.8 Å². The molecule has 0 atom stereocenters. The van der Waals surface area contributed by atoms with Crippen LogP contribution in [0, 0.1) is 5.92 Å². The molecule has 1 aromatic heterocycles. The molecule has 3 N–H and O–H groups in total. The Bertz CT molecular complexity index is 619. The van der Waals surface area contributed by atoms with Crippen LogP contribution >= 0.6 is 35.2 Å². The van der Waals surface area contributed by atoms with Gasteiger partial charge in [0.2, 0.25) is 0 Å². The number of hydrogen-bond acceptors (Lipinski definition) is 4. The predicted molar refractivity (Wildman–Crippen MR) is 91.4 cm³/mol. The van der Waals surface area contributed by atoms with Gasteiger partial charge in [0.15, 0.2) is 0 Å². The number of nitrogens with two attached hydrogens (primary N) is 1. The maximum atomic E-state index is 12.5. The van der Waals surface area contributed by atoms with E-state index < -0.39 is 15.6 Å². The average molecular weight is 367 g/mol. The van der Waals surface area contributed by atoms with E-state index in [1.165, 1.54) is 6.07 Å². The molecule has 0 aliphatic heterocycles. The van der Waals surface area contributed by atoms with Gasteiger partial charge in [-0.15, -0.1) is 11.3 Å². The van der Waals surface area contributed by atoms with Gasteiger partial charge in [0.25, 0.3) is 10.0 Å². The Labute approximate surface area is 140 Å². The standard InChI is InChI=1S/C13H19ClN2O2S3/c1-2-9-5-7-13(8-6-9,12(15)19)16-21(17,18)11-4-3-10(14)20-11/h3-4,9,16H,2,5-8H2,1H3,(H2,15,19). The van der Waals surface area contributed by atoms with Crippen molar-refractivity contribution in [3.63, 3.8) is 0 Å². The highest BCUT2D eigenvalue weighted by atomic mass is 35.5. The third kappa shape index (κ3) is 3.76. The SMILES string of the molecule is CCC1CCC(NS(=O)(=O)c2ccc(Cl)s2)(C(N)=S)CC1. The van der Waals surface area contributed by atoms with Crippen molar-refractivity contribution in [3.05, 3.63) is 16.5 Å². The van der Waals surface area contributed by atoms with Crippen LogP contribution in [0.3, 0.4) is 0 Å². The minimum absolute atomic E-state index is 0.195. The van der Waals surface area contributed by atoms with Gasteiger partial charge in [0.05, 0.1) is 14.9 Å². The van der Waals surface area contributed by atoms with E-state index in [0.29, 0.717) is 23.1 Å². The Kier molecular flexibility index (Phi) is 5.31. The lowest BCUT2D eigenvalue weighted by Gasteiger charge is -2.39. The monoisotopic (exact) mass is 366 g/mol. The Morgan fingerprint density at radius 1 is 1.52 bits per heavy atom. The molecule has 0 aromatic carbocycles. The summed E-state index contributed by atoms with van der Waals surface area (Å²) in [6, 6.07) is 3.07. The van der Waals surface area contributed by atoms with Gasteiger partial charge in [-0.25, -0.2) is 8.42 Å². The van der Waals surface area contributed by atoms with E-state index in [1.807, 2.05) is 0 Å². The summed E-state index contributed by atoms with van der Waals surface area (Å²) >= 11 is 12.0. The molecule has 1 aliphatic rings. The molecule has 1 fully saturated rings. The molecule has 0 bridgehead atoms. The number of hydrogen-bond donors (Lipinski definition) is 2. The number of halogens is 1. The van der Waals surface area contributed by atoms with E-state index in [4.69, 9.17) is 29.6 Å². The van der Waals surface area contributed by atoms with Crippen molar-refractivity contribution in [3.8, 4) is 0 Å². The van der Waals surface area contributed by atoms with Crippen LogP contribution < -0.4 is 10.5 Å². The molecule has 21 heavy (non-hydrogen) atoms. The molecule has 2 rings (SSSR count). The third-order valence-corrected chi connectivity index (χ3v) is 7.80. The number of thiocarbonyl (C=S) groups is 1. The van der Waals surface area contributed by atoms with Gasteiger partial charge in [-0.2, -0.15) is 4.72 Å². The van der Waals surface area contributed by atoms with Crippen LogP contribution in [0.2, 0.25) is 4.34 Å². The highest BCUT2D eigenvalue weighted by Gasteiger charge is 2.41. The smallest absolute Gasteiger partial charge is 0.250 e. The third-order valence-electron chi connectivity index (χ3n) is 4.15. The van der Waals surface area contributed by atoms with E-state index >= 15 is 0 Å². The first-order valence-corrected chi connectivity index (χ1v) is 9.97. The second kappa shape index (κ2) is 6.50. The van der Waals surface area contributed by atoms with E-state index in [1.54, 1.807) is 6.07 Å². The largest absolute Gasteiger partial charge is 0.392 e. The molecule has 118 valence electrons. The van der Waals surface area contributed by atoms with E-state index in [2.05, 4.69) is 11.6 Å². The van der Waals surface area contributed by atoms with Crippen LogP contribution in [0.4, 0.5) is 0 Å². The highest BCUT2D eigenvalue weighted by Crippen LogP contribution is 2.36. The first-order valence-electron chi connectivity index (χ1n) is 6.88. The molecule has 0 amide bonds. The maximum absolute atomic E-state index is 12.5. The van der Waals surface area contributed by atoms with Crippen LogP contribution in [-0.4, -0.2) is 18.9 Å². The van der Waals surface area contributed by atoms with Crippen molar-refractivity contribution in [1.82, 2.24) is 4.72 Å². The lowest BCUT2D eigenvalue weighted by Crippen LogP contribution is -2.58. The molecule has 1 aliphatic carbocycles. The second-order valence-electron chi connectivity index (χ2n) is 5.46. The minimum atomic E-state index is -3.65. The molecular weight excluding hydrogens is 348 g/mol. The molecule has 0 radical (unpaired) electrons. The number of thiophene rings is 1. The van der Waals surface area contributed by atoms with E-state index in [9.17, 15) is 8.42 Å². The van der Waals surface area contributed by atoms with Crippen molar-refractivity contribution < 1.29 is 8.42 Å². The fraction of sp³-hybridized carbons (Fsp3) is 0.615. The molecule has 0 saturated heterocycles. The van der Waals surface area contributed by atoms with Crippen LogP contribution in [0.5, 0.6) is 0 Å². The van der Waals surface area contributed by atoms with Gasteiger partial charge >= 0.3 is 0 Å². The summed E-state index contributed by atoms with van der Waals surface area (Å²) in [6.45, 7) is 2.15. The van der Waals surface area contributed by atoms with Gasteiger partial charge in [-0.05, 0) is 43.7 Å². The highest BCUT2D eigenvalue weighted by molar-refractivity contribution is 7.91. The fourth-order valence-corrected chi connectivity index (χ4v) is 5.97. The molecule has 8 heteroatoms. The molecule has 1 aromatic rings. The Hall–Kier alpha value is -0.210. The van der Waals surface area contributed by atoms with Crippen LogP contribution in [0.15, 0.2) is 16.3 Å².